The average molecular weight is 370 g/mol. The highest BCUT2D eigenvalue weighted by Crippen LogP contribution is 2.24. The van der Waals surface area contributed by atoms with E-state index in [9.17, 15) is 13.6 Å². The second-order valence-corrected chi connectivity index (χ2v) is 6.62. The third-order valence-corrected chi connectivity index (χ3v) is 4.62. The van der Waals surface area contributed by atoms with Crippen LogP contribution in [0.25, 0.3) is 16.2 Å². The Hall–Kier alpha value is -3.13. The number of hydrogen-bond donors (Lipinski definition) is 1. The van der Waals surface area contributed by atoms with Crippen LogP contribution in [0.15, 0.2) is 47.8 Å². The molecule has 0 aliphatic carbocycles. The maximum absolute atomic E-state index is 13.3. The summed E-state index contributed by atoms with van der Waals surface area (Å²) in [5.41, 5.74) is 2.16. The summed E-state index contributed by atoms with van der Waals surface area (Å²) in [4.78, 5) is 17.7. The van der Waals surface area contributed by atoms with Crippen molar-refractivity contribution in [3.63, 3.8) is 0 Å². The van der Waals surface area contributed by atoms with Gasteiger partial charge in [0.1, 0.15) is 23.0 Å². The van der Waals surface area contributed by atoms with Gasteiger partial charge in [-0.2, -0.15) is 5.10 Å². The summed E-state index contributed by atoms with van der Waals surface area (Å²) >= 11 is 1.56. The topological polar surface area (TPSA) is 59.3 Å². The van der Waals surface area contributed by atoms with E-state index >= 15 is 0 Å². The first-order valence-corrected chi connectivity index (χ1v) is 8.56. The minimum Gasteiger partial charge on any atom is -0.320 e. The van der Waals surface area contributed by atoms with Gasteiger partial charge < -0.3 is 5.32 Å². The number of nitrogens with one attached hydrogen (secondary N) is 1. The van der Waals surface area contributed by atoms with E-state index in [1.54, 1.807) is 34.9 Å². The molecule has 1 N–H and O–H groups in total. The fraction of sp³-hybridized carbons (Fsp3) is 0.0556. The second kappa shape index (κ2) is 6.30. The molecule has 0 atom stereocenters. The van der Waals surface area contributed by atoms with E-state index < -0.39 is 17.5 Å². The van der Waals surface area contributed by atoms with Crippen molar-refractivity contribution in [2.75, 3.05) is 5.32 Å². The SMILES string of the molecule is Cc1cc(C(=O)Nc2cc(F)cc(F)c2)nc2cc(-c3cccs3)nn12. The number of carbonyl (C=O) groups is 1. The summed E-state index contributed by atoms with van der Waals surface area (Å²) in [6.07, 6.45) is 0. The molecule has 5 nitrogen and oxygen atoms in total. The number of nitrogens with zero attached hydrogens (tertiary/aromatic N) is 3. The number of aryl methyl sites for hydroxylation is 1. The summed E-state index contributed by atoms with van der Waals surface area (Å²) in [7, 11) is 0. The average Bonchev–Trinajstić information content (AvgIpc) is 3.23. The molecule has 0 fully saturated rings. The lowest BCUT2D eigenvalue weighted by Gasteiger charge is -2.07. The molecule has 1 amide bonds. The van der Waals surface area contributed by atoms with Gasteiger partial charge in [-0.1, -0.05) is 6.07 Å². The Morgan fingerprint density at radius 3 is 2.62 bits per heavy atom. The van der Waals surface area contributed by atoms with Gasteiger partial charge >= 0.3 is 0 Å². The lowest BCUT2D eigenvalue weighted by atomic mass is 10.2. The number of aromatic nitrogens is 3. The number of carbonyl (C=O) groups excluding carboxylic acids is 1. The van der Waals surface area contributed by atoms with E-state index in [0.717, 1.165) is 28.8 Å². The van der Waals surface area contributed by atoms with Crippen molar-refractivity contribution in [2.45, 2.75) is 6.92 Å². The van der Waals surface area contributed by atoms with Crippen LogP contribution in [0.2, 0.25) is 0 Å². The zero-order chi connectivity index (χ0) is 18.3. The number of rotatable bonds is 3. The molecule has 0 unspecified atom stereocenters. The highest BCUT2D eigenvalue weighted by Gasteiger charge is 2.14. The molecule has 0 aliphatic heterocycles. The predicted octanol–water partition coefficient (Wildman–Crippen LogP) is 4.30. The van der Waals surface area contributed by atoms with Crippen LogP contribution in [0.4, 0.5) is 14.5 Å². The monoisotopic (exact) mass is 370 g/mol. The zero-order valence-corrected chi connectivity index (χ0v) is 14.3. The van der Waals surface area contributed by atoms with Crippen LogP contribution in [0.1, 0.15) is 16.2 Å². The number of anilines is 1. The van der Waals surface area contributed by atoms with Gasteiger partial charge in [0.2, 0.25) is 0 Å². The molecule has 130 valence electrons. The van der Waals surface area contributed by atoms with Crippen molar-refractivity contribution in [1.29, 1.82) is 0 Å². The Balaban J connectivity index is 1.68. The molecule has 3 heterocycles. The Morgan fingerprint density at radius 2 is 1.92 bits per heavy atom. The van der Waals surface area contributed by atoms with Crippen molar-refractivity contribution < 1.29 is 13.6 Å². The van der Waals surface area contributed by atoms with E-state index in [0.29, 0.717) is 11.3 Å². The minimum absolute atomic E-state index is 0.0274. The maximum Gasteiger partial charge on any atom is 0.274 e. The van der Waals surface area contributed by atoms with Crippen molar-refractivity contribution in [2.24, 2.45) is 0 Å². The molecule has 0 spiro atoms. The van der Waals surface area contributed by atoms with Gasteiger partial charge in [-0.15, -0.1) is 11.3 Å². The summed E-state index contributed by atoms with van der Waals surface area (Å²) < 4.78 is 28.2. The molecular formula is C18H12F2N4OS. The number of benzene rings is 1. The molecule has 3 aromatic heterocycles. The van der Waals surface area contributed by atoms with Crippen molar-refractivity contribution >= 4 is 28.6 Å². The molecule has 8 heteroatoms. The molecule has 4 rings (SSSR count). The fourth-order valence-corrected chi connectivity index (χ4v) is 3.29. The van der Waals surface area contributed by atoms with Crippen LogP contribution in [-0.2, 0) is 0 Å². The molecule has 1 aromatic carbocycles. The zero-order valence-electron chi connectivity index (χ0n) is 13.5. The minimum atomic E-state index is -0.767. The highest BCUT2D eigenvalue weighted by atomic mass is 32.1. The van der Waals surface area contributed by atoms with Crippen LogP contribution in [0, 0.1) is 18.6 Å². The van der Waals surface area contributed by atoms with Crippen LogP contribution < -0.4 is 5.32 Å². The Bertz CT molecular complexity index is 1100. The number of halogens is 2. The third kappa shape index (κ3) is 3.06. The first kappa shape index (κ1) is 16.3. The predicted molar refractivity (Wildman–Crippen MR) is 95.3 cm³/mol. The van der Waals surface area contributed by atoms with Gasteiger partial charge in [0, 0.05) is 23.5 Å². The van der Waals surface area contributed by atoms with Gasteiger partial charge in [-0.05, 0) is 36.6 Å². The molecule has 0 aliphatic rings. The van der Waals surface area contributed by atoms with Crippen molar-refractivity contribution in [3.8, 4) is 10.6 Å². The summed E-state index contributed by atoms with van der Waals surface area (Å²) in [6.45, 7) is 1.80. The Kier molecular flexibility index (Phi) is 3.96. The third-order valence-electron chi connectivity index (χ3n) is 3.73. The summed E-state index contributed by atoms with van der Waals surface area (Å²) in [5.74, 6) is -2.09. The number of amides is 1. The normalized spacial score (nSPS) is 11.0. The van der Waals surface area contributed by atoms with Gasteiger partial charge in [0.15, 0.2) is 5.65 Å². The Morgan fingerprint density at radius 1 is 1.15 bits per heavy atom. The van der Waals surface area contributed by atoms with Gasteiger partial charge in [-0.25, -0.2) is 18.3 Å². The summed E-state index contributed by atoms with van der Waals surface area (Å²) in [6, 6.07) is 10.1. The van der Waals surface area contributed by atoms with Gasteiger partial charge in [0.05, 0.1) is 4.88 Å². The molecule has 4 aromatic rings. The first-order chi connectivity index (χ1) is 12.5. The lowest BCUT2D eigenvalue weighted by molar-refractivity contribution is 0.102. The molecule has 26 heavy (non-hydrogen) atoms. The number of hydrogen-bond acceptors (Lipinski definition) is 4. The van der Waals surface area contributed by atoms with E-state index in [-0.39, 0.29) is 11.4 Å². The quantitative estimate of drug-likeness (QED) is 0.585. The fourth-order valence-electron chi connectivity index (χ4n) is 2.61. The molecular weight excluding hydrogens is 358 g/mol. The maximum atomic E-state index is 13.3. The van der Waals surface area contributed by atoms with Crippen molar-refractivity contribution in [3.05, 3.63) is 70.9 Å². The van der Waals surface area contributed by atoms with E-state index in [4.69, 9.17) is 0 Å². The second-order valence-electron chi connectivity index (χ2n) is 5.67. The lowest BCUT2D eigenvalue weighted by Crippen LogP contribution is -2.15. The molecule has 0 radical (unpaired) electrons. The number of fused-ring (bicyclic) bond motifs is 1. The van der Waals surface area contributed by atoms with Crippen LogP contribution in [0.5, 0.6) is 0 Å². The summed E-state index contributed by atoms with van der Waals surface area (Å²) in [5, 5.41) is 8.91. The van der Waals surface area contributed by atoms with E-state index in [1.165, 1.54) is 0 Å². The van der Waals surface area contributed by atoms with Gasteiger partial charge in [-0.3, -0.25) is 4.79 Å². The first-order valence-electron chi connectivity index (χ1n) is 7.68. The van der Waals surface area contributed by atoms with E-state index in [1.807, 2.05) is 17.5 Å². The van der Waals surface area contributed by atoms with Crippen LogP contribution >= 0.6 is 11.3 Å². The van der Waals surface area contributed by atoms with Crippen LogP contribution in [-0.4, -0.2) is 20.5 Å². The smallest absolute Gasteiger partial charge is 0.274 e. The Labute approximate surface area is 150 Å². The molecule has 0 saturated carbocycles. The largest absolute Gasteiger partial charge is 0.320 e. The van der Waals surface area contributed by atoms with Crippen molar-refractivity contribution in [1.82, 2.24) is 14.6 Å². The van der Waals surface area contributed by atoms with Gasteiger partial charge in [0.25, 0.3) is 5.91 Å². The molecule has 0 bridgehead atoms. The highest BCUT2D eigenvalue weighted by molar-refractivity contribution is 7.13. The van der Waals surface area contributed by atoms with E-state index in [2.05, 4.69) is 15.4 Å². The standard InChI is InChI=1S/C18H12F2N4OS/c1-10-5-15(18(25)21-13-7-11(19)6-12(20)8-13)22-17-9-14(23-24(10)17)16-3-2-4-26-16/h2-9H,1H3,(H,21,25). The van der Waals surface area contributed by atoms with Crippen LogP contribution in [0.3, 0.4) is 0 Å². The number of thiophene rings is 1. The molecule has 0 saturated heterocycles.